The fourth-order valence-corrected chi connectivity index (χ4v) is 3.10. The van der Waals surface area contributed by atoms with E-state index in [1.165, 1.54) is 0 Å². The van der Waals surface area contributed by atoms with Gasteiger partial charge in [0.25, 0.3) is 5.91 Å². The van der Waals surface area contributed by atoms with Crippen molar-refractivity contribution in [2.75, 3.05) is 29.9 Å². The molecule has 3 amide bonds. The maximum atomic E-state index is 11.9. The molecule has 112 valence electrons. The van der Waals surface area contributed by atoms with Crippen LogP contribution in [0, 0.1) is 0 Å². The number of piperidine rings is 1. The lowest BCUT2D eigenvalue weighted by molar-refractivity contribution is -0.124. The molecule has 0 aromatic heterocycles. The molecule has 6 nitrogen and oxygen atoms in total. The summed E-state index contributed by atoms with van der Waals surface area (Å²) in [4.78, 5) is 25.6. The zero-order valence-electron chi connectivity index (χ0n) is 12.1. The van der Waals surface area contributed by atoms with Crippen molar-refractivity contribution in [1.82, 2.24) is 10.6 Å². The van der Waals surface area contributed by atoms with Gasteiger partial charge < -0.3 is 15.5 Å². The van der Waals surface area contributed by atoms with Crippen LogP contribution in [0.5, 0.6) is 0 Å². The minimum absolute atomic E-state index is 0.188. The molecule has 0 bridgehead atoms. The van der Waals surface area contributed by atoms with Crippen molar-refractivity contribution in [3.05, 3.63) is 24.3 Å². The average Bonchev–Trinajstić information content (AvgIpc) is 2.75. The van der Waals surface area contributed by atoms with Gasteiger partial charge in [-0.15, -0.1) is 0 Å². The Balaban J connectivity index is 1.74. The van der Waals surface area contributed by atoms with E-state index < -0.39 is 5.54 Å². The summed E-state index contributed by atoms with van der Waals surface area (Å²) < 4.78 is 0. The SMILES string of the molecule is CCNc1ccccc1N1CCC2(CC1)NC(=O)NC2=O. The van der Waals surface area contributed by atoms with Crippen molar-refractivity contribution >= 4 is 23.3 Å². The number of benzene rings is 1. The second-order valence-corrected chi connectivity index (χ2v) is 5.52. The molecule has 2 aliphatic rings. The summed E-state index contributed by atoms with van der Waals surface area (Å²) in [6, 6.07) is 7.81. The Bertz CT molecular complexity index is 565. The molecule has 0 saturated carbocycles. The van der Waals surface area contributed by atoms with E-state index in [0.29, 0.717) is 12.8 Å². The van der Waals surface area contributed by atoms with Crippen LogP contribution >= 0.6 is 0 Å². The molecular weight excluding hydrogens is 268 g/mol. The van der Waals surface area contributed by atoms with Crippen LogP contribution in [0.1, 0.15) is 19.8 Å². The van der Waals surface area contributed by atoms with Gasteiger partial charge in [0.15, 0.2) is 0 Å². The van der Waals surface area contributed by atoms with E-state index in [1.54, 1.807) is 0 Å². The van der Waals surface area contributed by atoms with Crippen molar-refractivity contribution in [3.63, 3.8) is 0 Å². The van der Waals surface area contributed by atoms with Crippen LogP contribution in [0.25, 0.3) is 0 Å². The Morgan fingerprint density at radius 2 is 1.95 bits per heavy atom. The van der Waals surface area contributed by atoms with Crippen LogP contribution in [0.3, 0.4) is 0 Å². The van der Waals surface area contributed by atoms with Crippen molar-refractivity contribution in [2.24, 2.45) is 0 Å². The summed E-state index contributed by atoms with van der Waals surface area (Å²) in [7, 11) is 0. The van der Waals surface area contributed by atoms with Crippen LogP contribution in [0.4, 0.5) is 16.2 Å². The lowest BCUT2D eigenvalue weighted by Gasteiger charge is -2.38. The van der Waals surface area contributed by atoms with Gasteiger partial charge in [-0.3, -0.25) is 10.1 Å². The van der Waals surface area contributed by atoms with E-state index in [2.05, 4.69) is 39.9 Å². The predicted molar refractivity (Wildman–Crippen MR) is 81.5 cm³/mol. The van der Waals surface area contributed by atoms with E-state index in [-0.39, 0.29) is 11.9 Å². The number of amides is 3. The van der Waals surface area contributed by atoms with Gasteiger partial charge in [-0.2, -0.15) is 0 Å². The number of carbonyl (C=O) groups is 2. The highest BCUT2D eigenvalue weighted by atomic mass is 16.2. The van der Waals surface area contributed by atoms with Crippen molar-refractivity contribution in [1.29, 1.82) is 0 Å². The first-order valence-electron chi connectivity index (χ1n) is 7.36. The van der Waals surface area contributed by atoms with E-state index in [9.17, 15) is 9.59 Å². The molecule has 3 rings (SSSR count). The third-order valence-corrected chi connectivity index (χ3v) is 4.24. The molecule has 0 aliphatic carbocycles. The Morgan fingerprint density at radius 1 is 1.24 bits per heavy atom. The second kappa shape index (κ2) is 5.27. The van der Waals surface area contributed by atoms with Crippen LogP contribution < -0.4 is 20.9 Å². The van der Waals surface area contributed by atoms with Gasteiger partial charge in [0.2, 0.25) is 0 Å². The average molecular weight is 288 g/mol. The van der Waals surface area contributed by atoms with Gasteiger partial charge in [0, 0.05) is 19.6 Å². The van der Waals surface area contributed by atoms with E-state index in [1.807, 2.05) is 12.1 Å². The summed E-state index contributed by atoms with van der Waals surface area (Å²) in [6.45, 7) is 4.43. The third-order valence-electron chi connectivity index (χ3n) is 4.24. The van der Waals surface area contributed by atoms with Crippen molar-refractivity contribution in [2.45, 2.75) is 25.3 Å². The number of imide groups is 1. The van der Waals surface area contributed by atoms with Crippen LogP contribution in [0.2, 0.25) is 0 Å². The predicted octanol–water partition coefficient (Wildman–Crippen LogP) is 1.30. The Hall–Kier alpha value is -2.24. The number of carbonyl (C=O) groups excluding carboxylic acids is 2. The first-order valence-corrected chi connectivity index (χ1v) is 7.36. The highest BCUT2D eigenvalue weighted by Gasteiger charge is 2.47. The normalized spacial score (nSPS) is 20.3. The summed E-state index contributed by atoms with van der Waals surface area (Å²) in [5.74, 6) is -0.188. The molecule has 21 heavy (non-hydrogen) atoms. The first kappa shape index (κ1) is 13.7. The summed E-state index contributed by atoms with van der Waals surface area (Å²) in [6.07, 6.45) is 1.26. The number of anilines is 2. The number of para-hydroxylation sites is 2. The Kier molecular flexibility index (Phi) is 3.45. The molecule has 1 aromatic rings. The van der Waals surface area contributed by atoms with Crippen molar-refractivity contribution < 1.29 is 9.59 Å². The summed E-state index contributed by atoms with van der Waals surface area (Å²) in [5.41, 5.74) is 1.55. The third kappa shape index (κ3) is 2.41. The molecule has 3 N–H and O–H groups in total. The maximum Gasteiger partial charge on any atom is 0.322 e. The van der Waals surface area contributed by atoms with Crippen LogP contribution in [-0.4, -0.2) is 37.1 Å². The van der Waals surface area contributed by atoms with Gasteiger partial charge in [-0.25, -0.2) is 4.79 Å². The van der Waals surface area contributed by atoms with Crippen LogP contribution in [0.15, 0.2) is 24.3 Å². The standard InChI is InChI=1S/C15H20N4O2/c1-2-16-11-5-3-4-6-12(11)19-9-7-15(8-10-19)13(20)17-14(21)18-15/h3-6,16H,2,7-10H2,1H3,(H2,17,18,20,21). The Labute approximate surface area is 123 Å². The molecule has 1 aromatic carbocycles. The van der Waals surface area contributed by atoms with Gasteiger partial charge in [0.1, 0.15) is 5.54 Å². The molecule has 6 heteroatoms. The number of nitrogens with one attached hydrogen (secondary N) is 3. The van der Waals surface area contributed by atoms with Crippen molar-refractivity contribution in [3.8, 4) is 0 Å². The monoisotopic (exact) mass is 288 g/mol. The molecule has 2 heterocycles. The van der Waals surface area contributed by atoms with E-state index in [0.717, 1.165) is 31.0 Å². The number of hydrogen-bond acceptors (Lipinski definition) is 4. The largest absolute Gasteiger partial charge is 0.384 e. The molecule has 2 aliphatic heterocycles. The topological polar surface area (TPSA) is 73.5 Å². The highest BCUT2D eigenvalue weighted by molar-refractivity contribution is 6.07. The highest BCUT2D eigenvalue weighted by Crippen LogP contribution is 2.32. The van der Waals surface area contributed by atoms with Gasteiger partial charge in [-0.1, -0.05) is 12.1 Å². The molecule has 0 unspecified atom stereocenters. The molecule has 2 saturated heterocycles. The van der Waals surface area contributed by atoms with Gasteiger partial charge in [-0.05, 0) is 31.9 Å². The van der Waals surface area contributed by atoms with Gasteiger partial charge in [0.05, 0.1) is 11.4 Å². The number of urea groups is 1. The smallest absolute Gasteiger partial charge is 0.322 e. The molecule has 0 radical (unpaired) electrons. The second-order valence-electron chi connectivity index (χ2n) is 5.52. The maximum absolute atomic E-state index is 11.9. The number of hydrogen-bond donors (Lipinski definition) is 3. The summed E-state index contributed by atoms with van der Waals surface area (Å²) >= 11 is 0. The fourth-order valence-electron chi connectivity index (χ4n) is 3.10. The minimum atomic E-state index is -0.708. The van der Waals surface area contributed by atoms with Crippen LogP contribution in [-0.2, 0) is 4.79 Å². The molecule has 2 fully saturated rings. The number of rotatable bonds is 3. The van der Waals surface area contributed by atoms with E-state index in [4.69, 9.17) is 0 Å². The first-order chi connectivity index (χ1) is 10.1. The van der Waals surface area contributed by atoms with E-state index >= 15 is 0 Å². The zero-order chi connectivity index (χ0) is 14.9. The lowest BCUT2D eigenvalue weighted by Crippen LogP contribution is -2.55. The summed E-state index contributed by atoms with van der Waals surface area (Å²) in [5, 5.41) is 8.49. The molecule has 0 atom stereocenters. The quantitative estimate of drug-likeness (QED) is 0.733. The molecule has 1 spiro atoms. The van der Waals surface area contributed by atoms with Gasteiger partial charge >= 0.3 is 6.03 Å². The fraction of sp³-hybridized carbons (Fsp3) is 0.467. The zero-order valence-corrected chi connectivity index (χ0v) is 12.1. The lowest BCUT2D eigenvalue weighted by atomic mass is 9.87. The number of nitrogens with zero attached hydrogens (tertiary/aromatic N) is 1. The minimum Gasteiger partial charge on any atom is -0.384 e. The Morgan fingerprint density at radius 3 is 2.57 bits per heavy atom. The molecular formula is C15H20N4O2.